The van der Waals surface area contributed by atoms with Crippen LogP contribution in [-0.4, -0.2) is 55.6 Å². The van der Waals surface area contributed by atoms with Gasteiger partial charge in [0, 0.05) is 23.2 Å². The topological polar surface area (TPSA) is 117 Å². The van der Waals surface area contributed by atoms with Crippen LogP contribution < -0.4 is 18.9 Å². The predicted molar refractivity (Wildman–Crippen MR) is 121 cm³/mol. The average molecular weight is 490 g/mol. The number of sulfonamides is 1. The SMILES string of the molecule is COc1ccc(-c2nnc3ccc(OCCNS(=O)(=O)c4cccc(Cl)c4)nn23)cc1OC. The fraction of sp³-hybridized carbons (Fsp3) is 0.190. The minimum atomic E-state index is -3.70. The quantitative estimate of drug-likeness (QED) is 0.357. The third-order valence-corrected chi connectivity index (χ3v) is 6.32. The van der Waals surface area contributed by atoms with E-state index < -0.39 is 10.0 Å². The van der Waals surface area contributed by atoms with Gasteiger partial charge in [-0.25, -0.2) is 13.1 Å². The van der Waals surface area contributed by atoms with Gasteiger partial charge in [0.25, 0.3) is 0 Å². The predicted octanol–water partition coefficient (Wildman–Crippen LogP) is 2.82. The molecule has 0 unspecified atom stereocenters. The van der Waals surface area contributed by atoms with Crippen molar-refractivity contribution in [2.75, 3.05) is 27.4 Å². The number of fused-ring (bicyclic) bond motifs is 1. The van der Waals surface area contributed by atoms with E-state index in [9.17, 15) is 8.42 Å². The van der Waals surface area contributed by atoms with Crippen LogP contribution in [0, 0.1) is 0 Å². The average Bonchev–Trinajstić information content (AvgIpc) is 3.24. The summed E-state index contributed by atoms with van der Waals surface area (Å²) in [5, 5.41) is 13.1. The van der Waals surface area contributed by atoms with Crippen LogP contribution in [0.2, 0.25) is 5.02 Å². The number of hydrogen-bond acceptors (Lipinski definition) is 8. The van der Waals surface area contributed by atoms with E-state index in [1.54, 1.807) is 50.6 Å². The number of nitrogens with zero attached hydrogens (tertiary/aromatic N) is 4. The van der Waals surface area contributed by atoms with Gasteiger partial charge in [-0.05, 0) is 42.5 Å². The van der Waals surface area contributed by atoms with Crippen molar-refractivity contribution in [2.24, 2.45) is 0 Å². The Labute approximate surface area is 195 Å². The standard InChI is InChI=1S/C21H20ClN5O5S/c1-30-17-7-6-14(12-18(17)31-2)21-25-24-19-8-9-20(26-27(19)21)32-11-10-23-33(28,29)16-5-3-4-15(22)13-16/h3-9,12-13,23H,10-11H2,1-2H3. The summed E-state index contributed by atoms with van der Waals surface area (Å²) in [5.74, 6) is 1.91. The van der Waals surface area contributed by atoms with Gasteiger partial charge in [-0.2, -0.15) is 4.52 Å². The molecule has 2 heterocycles. The summed E-state index contributed by atoms with van der Waals surface area (Å²) in [6, 6.07) is 14.7. The Morgan fingerprint density at radius 1 is 1.00 bits per heavy atom. The Morgan fingerprint density at radius 3 is 2.58 bits per heavy atom. The number of aromatic nitrogens is 4. The van der Waals surface area contributed by atoms with Gasteiger partial charge in [0.1, 0.15) is 6.61 Å². The highest BCUT2D eigenvalue weighted by Crippen LogP contribution is 2.31. The Balaban J connectivity index is 1.47. The van der Waals surface area contributed by atoms with Gasteiger partial charge in [-0.3, -0.25) is 0 Å². The lowest BCUT2D eigenvalue weighted by Crippen LogP contribution is -2.28. The van der Waals surface area contributed by atoms with E-state index in [0.29, 0.717) is 28.0 Å². The molecule has 0 bridgehead atoms. The first-order valence-electron chi connectivity index (χ1n) is 9.74. The van der Waals surface area contributed by atoms with E-state index in [-0.39, 0.29) is 23.9 Å². The monoisotopic (exact) mass is 489 g/mol. The van der Waals surface area contributed by atoms with Crippen molar-refractivity contribution in [3.8, 4) is 28.8 Å². The number of benzene rings is 2. The molecule has 0 aliphatic heterocycles. The molecular weight excluding hydrogens is 470 g/mol. The number of hydrogen-bond donors (Lipinski definition) is 1. The molecule has 4 rings (SSSR count). The zero-order valence-corrected chi connectivity index (χ0v) is 19.3. The Bertz CT molecular complexity index is 1390. The van der Waals surface area contributed by atoms with E-state index in [4.69, 9.17) is 25.8 Å². The van der Waals surface area contributed by atoms with Gasteiger partial charge in [-0.15, -0.1) is 15.3 Å². The molecule has 33 heavy (non-hydrogen) atoms. The molecule has 10 nitrogen and oxygen atoms in total. The lowest BCUT2D eigenvalue weighted by atomic mass is 10.2. The number of nitrogens with one attached hydrogen (secondary N) is 1. The summed E-state index contributed by atoms with van der Waals surface area (Å²) in [5.41, 5.74) is 1.24. The molecule has 0 amide bonds. The van der Waals surface area contributed by atoms with Crippen molar-refractivity contribution in [3.05, 3.63) is 59.6 Å². The van der Waals surface area contributed by atoms with Gasteiger partial charge < -0.3 is 14.2 Å². The highest BCUT2D eigenvalue weighted by atomic mass is 35.5. The van der Waals surface area contributed by atoms with Crippen molar-refractivity contribution >= 4 is 27.3 Å². The van der Waals surface area contributed by atoms with Crippen LogP contribution in [0.3, 0.4) is 0 Å². The number of halogens is 1. The minimum absolute atomic E-state index is 0.0410. The number of rotatable bonds is 9. The Hall–Kier alpha value is -3.41. The van der Waals surface area contributed by atoms with Crippen LogP contribution in [0.5, 0.6) is 17.4 Å². The second-order valence-corrected chi connectivity index (χ2v) is 8.94. The largest absolute Gasteiger partial charge is 0.493 e. The van der Waals surface area contributed by atoms with Crippen molar-refractivity contribution in [1.82, 2.24) is 24.5 Å². The summed E-state index contributed by atoms with van der Waals surface area (Å²) < 4.78 is 45.0. The van der Waals surface area contributed by atoms with Crippen LogP contribution in [0.1, 0.15) is 0 Å². The van der Waals surface area contributed by atoms with E-state index in [0.717, 1.165) is 5.56 Å². The summed E-state index contributed by atoms with van der Waals surface area (Å²) in [6.07, 6.45) is 0. The highest BCUT2D eigenvalue weighted by Gasteiger charge is 2.15. The molecule has 0 radical (unpaired) electrons. The fourth-order valence-electron chi connectivity index (χ4n) is 3.05. The first-order chi connectivity index (χ1) is 15.9. The molecule has 4 aromatic rings. The molecule has 1 N–H and O–H groups in total. The first-order valence-corrected chi connectivity index (χ1v) is 11.6. The highest BCUT2D eigenvalue weighted by molar-refractivity contribution is 7.89. The minimum Gasteiger partial charge on any atom is -0.493 e. The zero-order valence-electron chi connectivity index (χ0n) is 17.7. The van der Waals surface area contributed by atoms with E-state index in [2.05, 4.69) is 20.0 Å². The van der Waals surface area contributed by atoms with Crippen LogP contribution in [0.15, 0.2) is 59.5 Å². The zero-order chi connectivity index (χ0) is 23.4. The summed E-state index contributed by atoms with van der Waals surface area (Å²) in [6.45, 7) is 0.103. The van der Waals surface area contributed by atoms with E-state index in [1.807, 2.05) is 6.07 Å². The third-order valence-electron chi connectivity index (χ3n) is 4.63. The molecule has 0 fully saturated rings. The van der Waals surface area contributed by atoms with Gasteiger partial charge in [0.15, 0.2) is 23.0 Å². The maximum atomic E-state index is 12.4. The van der Waals surface area contributed by atoms with Gasteiger partial charge in [0.2, 0.25) is 15.9 Å². The number of ether oxygens (including phenoxy) is 3. The van der Waals surface area contributed by atoms with Crippen LogP contribution in [0.25, 0.3) is 17.0 Å². The first kappa shape index (κ1) is 22.8. The molecule has 0 aliphatic rings. The summed E-state index contributed by atoms with van der Waals surface area (Å²) in [4.78, 5) is 0.0820. The maximum Gasteiger partial charge on any atom is 0.240 e. The van der Waals surface area contributed by atoms with Gasteiger partial charge in [0.05, 0.1) is 19.1 Å². The van der Waals surface area contributed by atoms with E-state index in [1.165, 1.54) is 16.6 Å². The second kappa shape index (κ2) is 9.61. The summed E-state index contributed by atoms with van der Waals surface area (Å²) in [7, 11) is -0.590. The molecule has 12 heteroatoms. The Morgan fingerprint density at radius 2 is 1.82 bits per heavy atom. The van der Waals surface area contributed by atoms with Crippen LogP contribution in [0.4, 0.5) is 0 Å². The molecular formula is C21H20ClN5O5S. The third kappa shape index (κ3) is 5.00. The molecule has 0 saturated heterocycles. The van der Waals surface area contributed by atoms with Crippen molar-refractivity contribution in [3.63, 3.8) is 0 Å². The summed E-state index contributed by atoms with van der Waals surface area (Å²) >= 11 is 5.87. The molecule has 2 aromatic carbocycles. The molecule has 172 valence electrons. The van der Waals surface area contributed by atoms with Crippen molar-refractivity contribution in [2.45, 2.75) is 4.90 Å². The molecule has 0 aliphatic carbocycles. The number of methoxy groups -OCH3 is 2. The van der Waals surface area contributed by atoms with Crippen molar-refractivity contribution < 1.29 is 22.6 Å². The normalized spacial score (nSPS) is 11.5. The van der Waals surface area contributed by atoms with Crippen LogP contribution in [-0.2, 0) is 10.0 Å². The van der Waals surface area contributed by atoms with Gasteiger partial charge >= 0.3 is 0 Å². The molecule has 0 atom stereocenters. The van der Waals surface area contributed by atoms with Crippen molar-refractivity contribution in [1.29, 1.82) is 0 Å². The lowest BCUT2D eigenvalue weighted by molar-refractivity contribution is 0.306. The molecule has 2 aromatic heterocycles. The smallest absolute Gasteiger partial charge is 0.240 e. The van der Waals surface area contributed by atoms with Crippen LogP contribution >= 0.6 is 11.6 Å². The fourth-order valence-corrected chi connectivity index (χ4v) is 4.37. The Kier molecular flexibility index (Phi) is 6.63. The van der Waals surface area contributed by atoms with E-state index >= 15 is 0 Å². The molecule has 0 spiro atoms. The second-order valence-electron chi connectivity index (χ2n) is 6.74. The maximum absolute atomic E-state index is 12.4. The molecule has 0 saturated carbocycles. The lowest BCUT2D eigenvalue weighted by Gasteiger charge is -2.10. The van der Waals surface area contributed by atoms with Gasteiger partial charge in [-0.1, -0.05) is 17.7 Å².